The summed E-state index contributed by atoms with van der Waals surface area (Å²) in [6.45, 7) is 9.21. The van der Waals surface area contributed by atoms with Gasteiger partial charge in [0, 0.05) is 51.4 Å². The minimum Gasteiger partial charge on any atom is -0.450 e. The minimum atomic E-state index is -0.255. The Morgan fingerprint density at radius 2 is 1.69 bits per heavy atom. The van der Waals surface area contributed by atoms with E-state index in [9.17, 15) is 9.59 Å². The standard InChI is InChI=1S/C20H31N5O3.HI/c1-5-28-20(27)25-12-10-24(11-13-25)19(21-4)22-14-16-6-8-17(9-7-16)23-18(26)15(2)3;/h6-9,15H,5,10-14H2,1-4H3,(H,21,22)(H,23,26);1H. The fourth-order valence-corrected chi connectivity index (χ4v) is 2.82. The Hall–Kier alpha value is -2.04. The summed E-state index contributed by atoms with van der Waals surface area (Å²) in [4.78, 5) is 31.8. The first-order valence-electron chi connectivity index (χ1n) is 9.71. The molecule has 1 aromatic carbocycles. The number of rotatable bonds is 5. The van der Waals surface area contributed by atoms with Crippen molar-refractivity contribution in [3.05, 3.63) is 29.8 Å². The van der Waals surface area contributed by atoms with Crippen LogP contribution in [-0.2, 0) is 16.1 Å². The van der Waals surface area contributed by atoms with Gasteiger partial charge in [-0.25, -0.2) is 4.79 Å². The molecule has 0 spiro atoms. The number of piperazine rings is 1. The summed E-state index contributed by atoms with van der Waals surface area (Å²) in [5.41, 5.74) is 1.88. The SMILES string of the molecule is CCOC(=O)N1CCN(C(=NC)NCc2ccc(NC(=O)C(C)C)cc2)CC1.I. The van der Waals surface area contributed by atoms with Crippen molar-refractivity contribution < 1.29 is 14.3 Å². The van der Waals surface area contributed by atoms with Gasteiger partial charge in [-0.1, -0.05) is 26.0 Å². The predicted molar refractivity (Wildman–Crippen MR) is 126 cm³/mol. The zero-order chi connectivity index (χ0) is 20.5. The topological polar surface area (TPSA) is 86.3 Å². The van der Waals surface area contributed by atoms with Crippen LogP contribution >= 0.6 is 24.0 Å². The molecule has 162 valence electrons. The normalized spacial score (nSPS) is 14.3. The Bertz CT molecular complexity index is 686. The van der Waals surface area contributed by atoms with E-state index in [0.717, 1.165) is 17.2 Å². The number of anilines is 1. The number of benzene rings is 1. The molecule has 8 nitrogen and oxygen atoms in total. The van der Waals surface area contributed by atoms with Gasteiger partial charge in [0.2, 0.25) is 5.91 Å². The highest BCUT2D eigenvalue weighted by Crippen LogP contribution is 2.11. The monoisotopic (exact) mass is 517 g/mol. The molecule has 2 rings (SSSR count). The van der Waals surface area contributed by atoms with Crippen molar-refractivity contribution >= 4 is 47.6 Å². The van der Waals surface area contributed by atoms with Gasteiger partial charge in [0.05, 0.1) is 6.61 Å². The minimum absolute atomic E-state index is 0. The maximum Gasteiger partial charge on any atom is 0.409 e. The van der Waals surface area contributed by atoms with E-state index in [1.165, 1.54) is 0 Å². The molecule has 0 bridgehead atoms. The van der Waals surface area contributed by atoms with Crippen molar-refractivity contribution in [3.63, 3.8) is 0 Å². The lowest BCUT2D eigenvalue weighted by molar-refractivity contribution is -0.118. The smallest absolute Gasteiger partial charge is 0.409 e. The lowest BCUT2D eigenvalue weighted by Crippen LogP contribution is -2.53. The van der Waals surface area contributed by atoms with Gasteiger partial charge in [-0.15, -0.1) is 24.0 Å². The molecule has 9 heteroatoms. The number of nitrogens with zero attached hydrogens (tertiary/aromatic N) is 3. The molecule has 1 heterocycles. The molecule has 29 heavy (non-hydrogen) atoms. The Labute approximate surface area is 190 Å². The average molecular weight is 517 g/mol. The summed E-state index contributed by atoms with van der Waals surface area (Å²) < 4.78 is 5.05. The summed E-state index contributed by atoms with van der Waals surface area (Å²) >= 11 is 0. The molecule has 1 fully saturated rings. The molecule has 1 aliphatic rings. The van der Waals surface area contributed by atoms with Gasteiger partial charge in [0.15, 0.2) is 5.96 Å². The van der Waals surface area contributed by atoms with Crippen LogP contribution in [0.2, 0.25) is 0 Å². The maximum absolute atomic E-state index is 11.8. The number of ether oxygens (including phenoxy) is 1. The van der Waals surface area contributed by atoms with Crippen molar-refractivity contribution in [2.75, 3.05) is 45.2 Å². The highest BCUT2D eigenvalue weighted by molar-refractivity contribution is 14.0. The van der Waals surface area contributed by atoms with E-state index in [4.69, 9.17) is 4.74 Å². The number of guanidine groups is 1. The Morgan fingerprint density at radius 1 is 1.10 bits per heavy atom. The molecule has 1 aromatic rings. The number of carbonyl (C=O) groups is 2. The fraction of sp³-hybridized carbons (Fsp3) is 0.550. The highest BCUT2D eigenvalue weighted by atomic mass is 127. The molecule has 0 aliphatic carbocycles. The van der Waals surface area contributed by atoms with E-state index < -0.39 is 0 Å². The van der Waals surface area contributed by atoms with Crippen LogP contribution < -0.4 is 10.6 Å². The van der Waals surface area contributed by atoms with Crippen molar-refractivity contribution in [2.45, 2.75) is 27.3 Å². The van der Waals surface area contributed by atoms with Gasteiger partial charge in [-0.3, -0.25) is 9.79 Å². The van der Waals surface area contributed by atoms with Crippen LogP contribution in [0.4, 0.5) is 10.5 Å². The van der Waals surface area contributed by atoms with Gasteiger partial charge < -0.3 is 25.2 Å². The second-order valence-corrected chi connectivity index (χ2v) is 6.91. The quantitative estimate of drug-likeness (QED) is 0.357. The molecule has 0 atom stereocenters. The third-order valence-corrected chi connectivity index (χ3v) is 4.51. The first-order valence-corrected chi connectivity index (χ1v) is 9.71. The molecular formula is C20H32IN5O3. The van der Waals surface area contributed by atoms with Crippen LogP contribution in [0, 0.1) is 5.92 Å². The summed E-state index contributed by atoms with van der Waals surface area (Å²) in [6.07, 6.45) is -0.255. The van der Waals surface area contributed by atoms with Crippen LogP contribution in [0.25, 0.3) is 0 Å². The first kappa shape index (κ1) is 25.0. The van der Waals surface area contributed by atoms with Crippen LogP contribution in [0.3, 0.4) is 0 Å². The number of nitrogens with one attached hydrogen (secondary N) is 2. The molecule has 2 N–H and O–H groups in total. The lowest BCUT2D eigenvalue weighted by atomic mass is 10.1. The van der Waals surface area contributed by atoms with E-state index in [0.29, 0.717) is 39.3 Å². The highest BCUT2D eigenvalue weighted by Gasteiger charge is 2.23. The predicted octanol–water partition coefficient (Wildman–Crippen LogP) is 2.75. The van der Waals surface area contributed by atoms with Crippen LogP contribution in [-0.4, -0.2) is 67.6 Å². The first-order chi connectivity index (χ1) is 13.4. The van der Waals surface area contributed by atoms with Crippen LogP contribution in [0.5, 0.6) is 0 Å². The largest absolute Gasteiger partial charge is 0.450 e. The summed E-state index contributed by atoms with van der Waals surface area (Å²) in [6, 6.07) is 7.76. The van der Waals surface area contributed by atoms with E-state index in [-0.39, 0.29) is 41.9 Å². The van der Waals surface area contributed by atoms with Gasteiger partial charge in [-0.05, 0) is 24.6 Å². The van der Waals surface area contributed by atoms with Gasteiger partial charge >= 0.3 is 6.09 Å². The summed E-state index contributed by atoms with van der Waals surface area (Å²) in [7, 11) is 1.75. The zero-order valence-electron chi connectivity index (χ0n) is 17.6. The second-order valence-electron chi connectivity index (χ2n) is 6.91. The second kappa shape index (κ2) is 12.5. The number of hydrogen-bond donors (Lipinski definition) is 2. The van der Waals surface area contributed by atoms with E-state index in [1.807, 2.05) is 45.0 Å². The van der Waals surface area contributed by atoms with Crippen LogP contribution in [0.1, 0.15) is 26.3 Å². The molecule has 0 aromatic heterocycles. The average Bonchev–Trinajstić information content (AvgIpc) is 2.70. The number of hydrogen-bond acceptors (Lipinski definition) is 4. The molecule has 0 radical (unpaired) electrons. The molecular weight excluding hydrogens is 485 g/mol. The molecule has 2 amide bonds. The van der Waals surface area contributed by atoms with Gasteiger partial charge in [0.1, 0.15) is 0 Å². The van der Waals surface area contributed by atoms with E-state index in [2.05, 4.69) is 20.5 Å². The summed E-state index contributed by atoms with van der Waals surface area (Å²) in [5.74, 6) is 0.767. The van der Waals surface area contributed by atoms with Crippen molar-refractivity contribution in [3.8, 4) is 0 Å². The third-order valence-electron chi connectivity index (χ3n) is 4.51. The van der Waals surface area contributed by atoms with Crippen molar-refractivity contribution in [1.29, 1.82) is 0 Å². The Balaban J connectivity index is 0.00000420. The van der Waals surface area contributed by atoms with Crippen LogP contribution in [0.15, 0.2) is 29.3 Å². The Kier molecular flexibility index (Phi) is 10.8. The van der Waals surface area contributed by atoms with E-state index in [1.54, 1.807) is 11.9 Å². The van der Waals surface area contributed by atoms with Crippen molar-refractivity contribution in [1.82, 2.24) is 15.1 Å². The fourth-order valence-electron chi connectivity index (χ4n) is 2.82. The molecule has 1 saturated heterocycles. The van der Waals surface area contributed by atoms with E-state index >= 15 is 0 Å². The van der Waals surface area contributed by atoms with Gasteiger partial charge in [0.25, 0.3) is 0 Å². The third kappa shape index (κ3) is 7.71. The molecule has 0 saturated carbocycles. The Morgan fingerprint density at radius 3 is 2.21 bits per heavy atom. The van der Waals surface area contributed by atoms with Crippen molar-refractivity contribution in [2.24, 2.45) is 10.9 Å². The molecule has 1 aliphatic heterocycles. The zero-order valence-corrected chi connectivity index (χ0v) is 19.9. The molecule has 0 unspecified atom stereocenters. The maximum atomic E-state index is 11.8. The lowest BCUT2D eigenvalue weighted by Gasteiger charge is -2.35. The summed E-state index contributed by atoms with van der Waals surface area (Å²) in [5, 5.41) is 6.24. The number of aliphatic imine (C=N–C) groups is 1. The van der Waals surface area contributed by atoms with Gasteiger partial charge in [-0.2, -0.15) is 0 Å². The number of carbonyl (C=O) groups excluding carboxylic acids is 2. The number of amides is 2. The number of halogens is 1.